The number of nitrogens with two attached hydrogens (primary N) is 4. The van der Waals surface area contributed by atoms with Crippen LogP contribution < -0.4 is 38.9 Å². The van der Waals surface area contributed by atoms with Gasteiger partial charge in [0.25, 0.3) is 0 Å². The number of primary amides is 3. The Labute approximate surface area is 204 Å². The summed E-state index contributed by atoms with van der Waals surface area (Å²) in [6, 6.07) is -6.09. The van der Waals surface area contributed by atoms with E-state index in [0.29, 0.717) is 0 Å². The second kappa shape index (κ2) is 15.6. The summed E-state index contributed by atoms with van der Waals surface area (Å²) in [5.41, 5.74) is 20.6. The molecule has 6 amide bonds. The second-order valence-electron chi connectivity index (χ2n) is 7.74. The fourth-order valence-electron chi connectivity index (χ4n) is 2.77. The van der Waals surface area contributed by atoms with E-state index in [2.05, 4.69) is 16.0 Å². The van der Waals surface area contributed by atoms with Gasteiger partial charge in [-0.05, 0) is 19.3 Å². The average Bonchev–Trinajstić information content (AvgIpc) is 2.75. The molecule has 0 aliphatic carbocycles. The molecule has 0 aliphatic heterocycles. The molecule has 17 nitrogen and oxygen atoms in total. The standard InChI is InChI=1S/C19H31N7O10/c20-8(7-14(23)29)16(32)24-10(3-6-15(30)31)17(33)25-9(1-4-12(21)27)18(34)26-11(19(35)36)2-5-13(22)28/h8-11H,1-7,20H2,(H2,21,27)(H2,22,28)(H2,23,29)(H,24,32)(H,25,33)(H,26,34)(H,30,31)(H,35,36). The lowest BCUT2D eigenvalue weighted by Gasteiger charge is -2.24. The molecular formula is C19H31N7O10. The summed E-state index contributed by atoms with van der Waals surface area (Å²) >= 11 is 0. The van der Waals surface area contributed by atoms with Crippen LogP contribution in [-0.2, 0) is 38.4 Å². The molecule has 0 saturated carbocycles. The highest BCUT2D eigenvalue weighted by molar-refractivity contribution is 5.95. The van der Waals surface area contributed by atoms with Crippen LogP contribution >= 0.6 is 0 Å². The number of hydrogen-bond donors (Lipinski definition) is 9. The van der Waals surface area contributed by atoms with Crippen molar-refractivity contribution in [2.75, 3.05) is 0 Å². The molecule has 4 atom stereocenters. The van der Waals surface area contributed by atoms with Crippen molar-refractivity contribution in [3.05, 3.63) is 0 Å². The third-order valence-electron chi connectivity index (χ3n) is 4.64. The van der Waals surface area contributed by atoms with Crippen molar-refractivity contribution in [1.82, 2.24) is 16.0 Å². The summed E-state index contributed by atoms with van der Waals surface area (Å²) in [5.74, 6) is -8.52. The van der Waals surface area contributed by atoms with Crippen LogP contribution in [0.15, 0.2) is 0 Å². The van der Waals surface area contributed by atoms with Crippen molar-refractivity contribution >= 4 is 47.4 Å². The smallest absolute Gasteiger partial charge is 0.326 e. The van der Waals surface area contributed by atoms with E-state index in [1.807, 2.05) is 0 Å². The molecule has 202 valence electrons. The number of carboxylic acids is 2. The first-order chi connectivity index (χ1) is 16.6. The fourth-order valence-corrected chi connectivity index (χ4v) is 2.77. The zero-order valence-electron chi connectivity index (χ0n) is 19.2. The minimum atomic E-state index is -1.56. The topological polar surface area (TPSA) is 317 Å². The zero-order valence-corrected chi connectivity index (χ0v) is 19.2. The van der Waals surface area contributed by atoms with E-state index >= 15 is 0 Å². The Bertz CT molecular complexity index is 879. The van der Waals surface area contributed by atoms with E-state index < -0.39 is 97.2 Å². The predicted molar refractivity (Wildman–Crippen MR) is 119 cm³/mol. The molecule has 17 heteroatoms. The highest BCUT2D eigenvalue weighted by atomic mass is 16.4. The average molecular weight is 517 g/mol. The normalized spacial score (nSPS) is 13.8. The van der Waals surface area contributed by atoms with Crippen molar-refractivity contribution < 1.29 is 48.6 Å². The molecular weight excluding hydrogens is 486 g/mol. The maximum absolute atomic E-state index is 12.8. The van der Waals surface area contributed by atoms with Crippen LogP contribution in [-0.4, -0.2) is 81.8 Å². The third-order valence-corrected chi connectivity index (χ3v) is 4.64. The van der Waals surface area contributed by atoms with Gasteiger partial charge in [-0.2, -0.15) is 0 Å². The number of hydrogen-bond acceptors (Lipinski definition) is 9. The van der Waals surface area contributed by atoms with Gasteiger partial charge in [0.2, 0.25) is 35.4 Å². The van der Waals surface area contributed by atoms with Gasteiger partial charge < -0.3 is 49.1 Å². The number of carbonyl (C=O) groups is 8. The first-order valence-corrected chi connectivity index (χ1v) is 10.6. The van der Waals surface area contributed by atoms with Crippen LogP contribution in [0.4, 0.5) is 0 Å². The summed E-state index contributed by atoms with van der Waals surface area (Å²) in [6.45, 7) is 0. The summed E-state index contributed by atoms with van der Waals surface area (Å²) in [5, 5.41) is 24.7. The summed E-state index contributed by atoms with van der Waals surface area (Å²) < 4.78 is 0. The summed E-state index contributed by atoms with van der Waals surface area (Å²) in [4.78, 5) is 93.2. The highest BCUT2D eigenvalue weighted by Gasteiger charge is 2.31. The van der Waals surface area contributed by atoms with Crippen molar-refractivity contribution in [3.8, 4) is 0 Å². The molecule has 0 fully saturated rings. The van der Waals surface area contributed by atoms with Crippen LogP contribution in [0.25, 0.3) is 0 Å². The number of nitrogens with one attached hydrogen (secondary N) is 3. The highest BCUT2D eigenvalue weighted by Crippen LogP contribution is 2.06. The molecule has 0 bridgehead atoms. The van der Waals surface area contributed by atoms with Crippen molar-refractivity contribution in [1.29, 1.82) is 0 Å². The van der Waals surface area contributed by atoms with E-state index in [1.165, 1.54) is 0 Å². The minimum Gasteiger partial charge on any atom is -0.481 e. The number of carboxylic acid groups (broad SMARTS) is 2. The van der Waals surface area contributed by atoms with Gasteiger partial charge >= 0.3 is 11.9 Å². The Hall–Kier alpha value is -4.28. The maximum Gasteiger partial charge on any atom is 0.326 e. The second-order valence-corrected chi connectivity index (χ2v) is 7.74. The van der Waals surface area contributed by atoms with Crippen molar-refractivity contribution in [3.63, 3.8) is 0 Å². The molecule has 0 spiro atoms. The Morgan fingerprint density at radius 1 is 0.583 bits per heavy atom. The molecule has 0 aromatic heterocycles. The van der Waals surface area contributed by atoms with Crippen LogP contribution in [0.5, 0.6) is 0 Å². The van der Waals surface area contributed by atoms with Gasteiger partial charge in [-0.1, -0.05) is 0 Å². The SMILES string of the molecule is NC(=O)CCC(NC(=O)C(CCC(N)=O)NC(=O)C(CCC(=O)O)NC(=O)C(N)CC(N)=O)C(=O)O. The van der Waals surface area contributed by atoms with Gasteiger partial charge in [0, 0.05) is 19.3 Å². The minimum absolute atomic E-state index is 0.359. The molecule has 0 rings (SSSR count). The lowest BCUT2D eigenvalue weighted by Crippen LogP contribution is -2.57. The quantitative estimate of drug-likeness (QED) is 0.0829. The van der Waals surface area contributed by atoms with Gasteiger partial charge in [-0.15, -0.1) is 0 Å². The maximum atomic E-state index is 12.8. The molecule has 4 unspecified atom stereocenters. The van der Waals surface area contributed by atoms with Crippen LogP contribution in [0.1, 0.15) is 44.9 Å². The Balaban J connectivity index is 5.66. The molecule has 0 heterocycles. The van der Waals surface area contributed by atoms with Crippen molar-refractivity contribution in [2.24, 2.45) is 22.9 Å². The molecule has 0 aromatic rings. The lowest BCUT2D eigenvalue weighted by atomic mass is 10.1. The third kappa shape index (κ3) is 13.4. The molecule has 13 N–H and O–H groups in total. The van der Waals surface area contributed by atoms with Gasteiger partial charge in [-0.25, -0.2) is 4.79 Å². The summed E-state index contributed by atoms with van der Waals surface area (Å²) in [7, 11) is 0. The first kappa shape index (κ1) is 31.7. The lowest BCUT2D eigenvalue weighted by molar-refractivity contribution is -0.142. The molecule has 0 aromatic carbocycles. The van der Waals surface area contributed by atoms with Crippen LogP contribution in [0, 0.1) is 0 Å². The van der Waals surface area contributed by atoms with Crippen LogP contribution in [0.3, 0.4) is 0 Å². The van der Waals surface area contributed by atoms with Gasteiger partial charge in [0.1, 0.15) is 18.1 Å². The van der Waals surface area contributed by atoms with Crippen molar-refractivity contribution in [2.45, 2.75) is 69.1 Å². The Kier molecular flexibility index (Phi) is 13.7. The molecule has 0 radical (unpaired) electrons. The number of carbonyl (C=O) groups excluding carboxylic acids is 6. The van der Waals surface area contributed by atoms with E-state index in [1.54, 1.807) is 0 Å². The molecule has 0 aliphatic rings. The number of amides is 6. The fraction of sp³-hybridized carbons (Fsp3) is 0.579. The number of rotatable bonds is 18. The van der Waals surface area contributed by atoms with E-state index in [9.17, 15) is 43.5 Å². The van der Waals surface area contributed by atoms with Crippen LogP contribution in [0.2, 0.25) is 0 Å². The Morgan fingerprint density at radius 3 is 1.36 bits per heavy atom. The summed E-state index contributed by atoms with van der Waals surface area (Å²) in [6.07, 6.45) is -3.12. The van der Waals surface area contributed by atoms with E-state index in [0.717, 1.165) is 0 Å². The van der Waals surface area contributed by atoms with Gasteiger partial charge in [-0.3, -0.25) is 33.6 Å². The number of aliphatic carboxylic acids is 2. The largest absolute Gasteiger partial charge is 0.481 e. The molecule has 36 heavy (non-hydrogen) atoms. The van der Waals surface area contributed by atoms with Gasteiger partial charge in [0.05, 0.1) is 12.5 Å². The first-order valence-electron chi connectivity index (χ1n) is 10.6. The monoisotopic (exact) mass is 517 g/mol. The van der Waals surface area contributed by atoms with E-state index in [-0.39, 0.29) is 19.3 Å². The van der Waals surface area contributed by atoms with Gasteiger partial charge in [0.15, 0.2) is 0 Å². The molecule has 0 saturated heterocycles. The zero-order chi connectivity index (χ0) is 28.0. The Morgan fingerprint density at radius 2 is 0.972 bits per heavy atom. The van der Waals surface area contributed by atoms with E-state index in [4.69, 9.17) is 28.0 Å². The predicted octanol–water partition coefficient (Wildman–Crippen LogP) is -4.88.